The fourth-order valence-electron chi connectivity index (χ4n) is 1.32. The van der Waals surface area contributed by atoms with Crippen LogP contribution in [0, 0.1) is 0 Å². The molecule has 0 saturated carbocycles. The van der Waals surface area contributed by atoms with Crippen molar-refractivity contribution in [2.45, 2.75) is 51.6 Å². The molecule has 0 aromatic carbocycles. The van der Waals surface area contributed by atoms with E-state index in [4.69, 9.17) is 4.74 Å². The van der Waals surface area contributed by atoms with E-state index in [-0.39, 0.29) is 0 Å². The number of rotatable bonds is 10. The number of aliphatic hydroxyl groups excluding tert-OH is 1. The van der Waals surface area contributed by atoms with E-state index in [9.17, 15) is 9.90 Å². The first-order chi connectivity index (χ1) is 7.72. The van der Waals surface area contributed by atoms with Gasteiger partial charge in [0.15, 0.2) is 6.10 Å². The minimum absolute atomic E-state index is 0.443. The lowest BCUT2D eigenvalue weighted by Gasteiger charge is -2.09. The minimum Gasteiger partial charge on any atom is -0.464 e. The van der Waals surface area contributed by atoms with Gasteiger partial charge in [-0.3, -0.25) is 0 Å². The van der Waals surface area contributed by atoms with Crippen LogP contribution in [0.5, 0.6) is 0 Å². The van der Waals surface area contributed by atoms with Gasteiger partial charge in [-0.1, -0.05) is 32.6 Å². The van der Waals surface area contributed by atoms with E-state index in [0.717, 1.165) is 18.6 Å². The average Bonchev–Trinajstić information content (AvgIpc) is 2.30. The molecule has 0 aliphatic heterocycles. The minimum atomic E-state index is -0.942. The zero-order chi connectivity index (χ0) is 12.2. The highest BCUT2D eigenvalue weighted by molar-refractivity contribution is 7.98. The monoisotopic (exact) mass is 248 g/mol. The van der Waals surface area contributed by atoms with Gasteiger partial charge in [-0.15, -0.1) is 0 Å². The van der Waals surface area contributed by atoms with Gasteiger partial charge < -0.3 is 9.84 Å². The van der Waals surface area contributed by atoms with Crippen LogP contribution in [0.3, 0.4) is 0 Å². The summed E-state index contributed by atoms with van der Waals surface area (Å²) in [6.45, 7) is 2.61. The number of aliphatic hydroxyl groups is 1. The van der Waals surface area contributed by atoms with Gasteiger partial charge in [0, 0.05) is 0 Å². The van der Waals surface area contributed by atoms with Crippen molar-refractivity contribution in [3.05, 3.63) is 0 Å². The Bertz CT molecular complexity index is 174. The number of hydrogen-bond acceptors (Lipinski definition) is 4. The van der Waals surface area contributed by atoms with E-state index >= 15 is 0 Å². The maximum absolute atomic E-state index is 11.3. The summed E-state index contributed by atoms with van der Waals surface area (Å²) in [6, 6.07) is 0. The molecule has 4 heteroatoms. The number of unbranched alkanes of at least 4 members (excludes halogenated alkanes) is 4. The molecule has 0 radical (unpaired) electrons. The molecule has 1 N–H and O–H groups in total. The molecular weight excluding hydrogens is 224 g/mol. The Hall–Kier alpha value is -0.220. The molecule has 96 valence electrons. The summed E-state index contributed by atoms with van der Waals surface area (Å²) >= 11 is 1.62. The Kier molecular flexibility index (Phi) is 11.1. The molecule has 0 saturated heterocycles. The van der Waals surface area contributed by atoms with E-state index in [1.807, 2.05) is 6.26 Å². The van der Waals surface area contributed by atoms with Crippen molar-refractivity contribution >= 4 is 17.7 Å². The Morgan fingerprint density at radius 3 is 2.62 bits per heavy atom. The molecule has 0 aromatic rings. The molecule has 0 rings (SSSR count). The Morgan fingerprint density at radius 1 is 1.31 bits per heavy atom. The summed E-state index contributed by atoms with van der Waals surface area (Å²) < 4.78 is 4.98. The highest BCUT2D eigenvalue weighted by Crippen LogP contribution is 2.05. The third-order valence-corrected chi connectivity index (χ3v) is 3.00. The molecule has 0 bridgehead atoms. The molecule has 0 spiro atoms. The van der Waals surface area contributed by atoms with Crippen molar-refractivity contribution in [2.24, 2.45) is 0 Å². The maximum atomic E-state index is 11.3. The molecule has 3 nitrogen and oxygen atoms in total. The lowest BCUT2D eigenvalue weighted by molar-refractivity contribution is -0.153. The largest absolute Gasteiger partial charge is 0.464 e. The molecule has 0 fully saturated rings. The van der Waals surface area contributed by atoms with Gasteiger partial charge in [0.2, 0.25) is 0 Å². The van der Waals surface area contributed by atoms with Crippen molar-refractivity contribution in [2.75, 3.05) is 18.6 Å². The smallest absolute Gasteiger partial charge is 0.334 e. The summed E-state index contributed by atoms with van der Waals surface area (Å²) in [7, 11) is 0. The summed E-state index contributed by atoms with van der Waals surface area (Å²) in [5.74, 6) is 0.316. The summed E-state index contributed by atoms with van der Waals surface area (Å²) in [4.78, 5) is 11.3. The van der Waals surface area contributed by atoms with Gasteiger partial charge in [-0.05, 0) is 24.9 Å². The second-order valence-electron chi connectivity index (χ2n) is 3.88. The summed E-state index contributed by atoms with van der Waals surface area (Å²) in [5, 5.41) is 9.40. The molecule has 0 aromatic heterocycles. The number of hydrogen-bond donors (Lipinski definition) is 1. The Balaban J connectivity index is 3.35. The van der Waals surface area contributed by atoms with Crippen LogP contribution in [0.25, 0.3) is 0 Å². The SMILES string of the molecule is CCCCCCCOC(=O)C(O)CCSC. The zero-order valence-electron chi connectivity index (χ0n) is 10.4. The Morgan fingerprint density at radius 2 is 2.00 bits per heavy atom. The standard InChI is InChI=1S/C12H24O3S/c1-3-4-5-6-7-9-15-12(14)11(13)8-10-16-2/h11,13H,3-10H2,1-2H3. The second kappa shape index (κ2) is 11.3. The van der Waals surface area contributed by atoms with Crippen LogP contribution in [0.1, 0.15) is 45.4 Å². The lowest BCUT2D eigenvalue weighted by atomic mass is 10.2. The predicted octanol–water partition coefficient (Wildman–Crippen LogP) is 2.61. The van der Waals surface area contributed by atoms with Crippen LogP contribution < -0.4 is 0 Å². The van der Waals surface area contributed by atoms with Gasteiger partial charge in [0.25, 0.3) is 0 Å². The number of thioether (sulfide) groups is 1. The molecule has 1 unspecified atom stereocenters. The topological polar surface area (TPSA) is 46.5 Å². The third-order valence-electron chi connectivity index (χ3n) is 2.36. The lowest BCUT2D eigenvalue weighted by Crippen LogP contribution is -2.24. The van der Waals surface area contributed by atoms with Crippen molar-refractivity contribution in [3.63, 3.8) is 0 Å². The van der Waals surface area contributed by atoms with Crippen LogP contribution in [-0.4, -0.2) is 35.8 Å². The predicted molar refractivity (Wildman–Crippen MR) is 68.7 cm³/mol. The fraction of sp³-hybridized carbons (Fsp3) is 0.917. The van der Waals surface area contributed by atoms with Crippen molar-refractivity contribution < 1.29 is 14.6 Å². The van der Waals surface area contributed by atoms with Crippen LogP contribution in [0.15, 0.2) is 0 Å². The quantitative estimate of drug-likeness (QED) is 0.477. The highest BCUT2D eigenvalue weighted by Gasteiger charge is 2.15. The molecule has 0 aliphatic carbocycles. The fourth-order valence-corrected chi connectivity index (χ4v) is 1.78. The second-order valence-corrected chi connectivity index (χ2v) is 4.86. The van der Waals surface area contributed by atoms with E-state index in [1.54, 1.807) is 11.8 Å². The molecule has 0 aliphatic rings. The summed E-state index contributed by atoms with van der Waals surface area (Å²) in [6.07, 6.45) is 7.15. The molecule has 1 atom stereocenters. The van der Waals surface area contributed by atoms with E-state index in [0.29, 0.717) is 13.0 Å². The first-order valence-electron chi connectivity index (χ1n) is 6.06. The first-order valence-corrected chi connectivity index (χ1v) is 7.45. The van der Waals surface area contributed by atoms with E-state index in [1.165, 1.54) is 19.3 Å². The van der Waals surface area contributed by atoms with Crippen molar-refractivity contribution in [3.8, 4) is 0 Å². The number of carbonyl (C=O) groups is 1. The van der Waals surface area contributed by atoms with Gasteiger partial charge in [0.1, 0.15) is 0 Å². The molecule has 16 heavy (non-hydrogen) atoms. The molecule has 0 amide bonds. The van der Waals surface area contributed by atoms with Crippen LogP contribution in [0.2, 0.25) is 0 Å². The normalized spacial score (nSPS) is 12.4. The zero-order valence-corrected chi connectivity index (χ0v) is 11.2. The van der Waals surface area contributed by atoms with E-state index < -0.39 is 12.1 Å². The number of esters is 1. The number of carbonyl (C=O) groups excluding carboxylic acids is 1. The van der Waals surface area contributed by atoms with Crippen molar-refractivity contribution in [1.29, 1.82) is 0 Å². The van der Waals surface area contributed by atoms with Crippen LogP contribution >= 0.6 is 11.8 Å². The van der Waals surface area contributed by atoms with Gasteiger partial charge in [0.05, 0.1) is 6.61 Å². The highest BCUT2D eigenvalue weighted by atomic mass is 32.2. The van der Waals surface area contributed by atoms with E-state index in [2.05, 4.69) is 6.92 Å². The van der Waals surface area contributed by atoms with Gasteiger partial charge in [-0.2, -0.15) is 11.8 Å². The Labute approximate surface area is 103 Å². The average molecular weight is 248 g/mol. The van der Waals surface area contributed by atoms with Crippen LogP contribution in [-0.2, 0) is 9.53 Å². The third kappa shape index (κ3) is 9.04. The van der Waals surface area contributed by atoms with Gasteiger partial charge in [-0.25, -0.2) is 4.79 Å². The first kappa shape index (κ1) is 15.8. The maximum Gasteiger partial charge on any atom is 0.334 e. The molecular formula is C12H24O3S. The number of ether oxygens (including phenoxy) is 1. The van der Waals surface area contributed by atoms with Crippen molar-refractivity contribution in [1.82, 2.24) is 0 Å². The van der Waals surface area contributed by atoms with Crippen LogP contribution in [0.4, 0.5) is 0 Å². The van der Waals surface area contributed by atoms with Gasteiger partial charge >= 0.3 is 5.97 Å². The molecule has 0 heterocycles. The summed E-state index contributed by atoms with van der Waals surface area (Å²) in [5.41, 5.74) is 0.